The number of rotatable bonds is 8. The Morgan fingerprint density at radius 1 is 1.23 bits per heavy atom. The number of nitrogens with zero attached hydrogens (tertiary/aromatic N) is 5. The SMILES string of the molecule is CC(C)[C@H](NC(=O)OC(C)(C)C)C(=O)N1CCCC(CCn2c(Sc3cc4c(cc3Br)OCO4)nc3c(N)ncnc32)C1. The Kier molecular flexibility index (Phi) is 9.26. The van der Waals surface area contributed by atoms with Crippen LogP contribution in [0.4, 0.5) is 10.6 Å². The molecule has 43 heavy (non-hydrogen) atoms. The Bertz CT molecular complexity index is 1510. The number of nitrogens with one attached hydrogen (secondary N) is 1. The molecule has 2 aromatic heterocycles. The Labute approximate surface area is 263 Å². The highest BCUT2D eigenvalue weighted by molar-refractivity contribution is 9.10. The molecule has 14 heteroatoms. The maximum atomic E-state index is 13.6. The van der Waals surface area contributed by atoms with Crippen LogP contribution in [0.1, 0.15) is 53.9 Å². The molecule has 3 N–H and O–H groups in total. The van der Waals surface area contributed by atoms with Crippen molar-refractivity contribution in [3.05, 3.63) is 22.9 Å². The lowest BCUT2D eigenvalue weighted by molar-refractivity contribution is -0.136. The lowest BCUT2D eigenvalue weighted by Gasteiger charge is -2.36. The molecule has 2 amide bonds. The number of aryl methyl sites for hydroxylation is 1. The minimum absolute atomic E-state index is 0.0805. The zero-order valence-electron chi connectivity index (χ0n) is 25.1. The molecule has 1 unspecified atom stereocenters. The Morgan fingerprint density at radius 2 is 1.98 bits per heavy atom. The van der Waals surface area contributed by atoms with E-state index in [0.29, 0.717) is 48.1 Å². The van der Waals surface area contributed by atoms with Gasteiger partial charge in [0, 0.05) is 29.0 Å². The molecule has 0 aliphatic carbocycles. The number of anilines is 1. The first kappa shape index (κ1) is 31.2. The van der Waals surface area contributed by atoms with Crippen LogP contribution < -0.4 is 20.5 Å². The smallest absolute Gasteiger partial charge is 0.408 e. The zero-order valence-corrected chi connectivity index (χ0v) is 27.5. The molecule has 232 valence electrons. The van der Waals surface area contributed by atoms with Gasteiger partial charge in [-0.1, -0.05) is 25.6 Å². The number of hydrogen-bond donors (Lipinski definition) is 2. The number of carbonyl (C=O) groups excluding carboxylic acids is 2. The summed E-state index contributed by atoms with van der Waals surface area (Å²) in [4.78, 5) is 42.3. The Balaban J connectivity index is 1.31. The van der Waals surface area contributed by atoms with Crippen molar-refractivity contribution in [1.82, 2.24) is 29.7 Å². The number of benzene rings is 1. The highest BCUT2D eigenvalue weighted by atomic mass is 79.9. The van der Waals surface area contributed by atoms with Crippen molar-refractivity contribution in [2.45, 2.75) is 82.1 Å². The predicted octanol–water partition coefficient (Wildman–Crippen LogP) is 5.23. The molecular weight excluding hydrogens is 638 g/mol. The van der Waals surface area contributed by atoms with Crippen molar-refractivity contribution in [2.24, 2.45) is 11.8 Å². The lowest BCUT2D eigenvalue weighted by atomic mass is 9.93. The van der Waals surface area contributed by atoms with Gasteiger partial charge in [0.15, 0.2) is 33.6 Å². The number of hydrogen-bond acceptors (Lipinski definition) is 10. The van der Waals surface area contributed by atoms with Gasteiger partial charge >= 0.3 is 6.09 Å². The van der Waals surface area contributed by atoms with Gasteiger partial charge in [-0.3, -0.25) is 4.79 Å². The van der Waals surface area contributed by atoms with Gasteiger partial charge in [-0.15, -0.1) is 0 Å². The van der Waals surface area contributed by atoms with Crippen LogP contribution in [0.2, 0.25) is 0 Å². The van der Waals surface area contributed by atoms with Crippen molar-refractivity contribution in [3.63, 3.8) is 0 Å². The average Bonchev–Trinajstić information content (AvgIpc) is 3.54. The zero-order chi connectivity index (χ0) is 30.9. The van der Waals surface area contributed by atoms with E-state index < -0.39 is 17.7 Å². The van der Waals surface area contributed by atoms with Gasteiger partial charge in [0.2, 0.25) is 12.7 Å². The van der Waals surface area contributed by atoms with E-state index in [-0.39, 0.29) is 24.5 Å². The third-order valence-electron chi connectivity index (χ3n) is 7.35. The van der Waals surface area contributed by atoms with Gasteiger partial charge in [-0.05, 0) is 79.9 Å². The normalized spacial score (nSPS) is 17.4. The molecule has 0 bridgehead atoms. The summed E-state index contributed by atoms with van der Waals surface area (Å²) in [6.07, 6.45) is 3.56. The van der Waals surface area contributed by atoms with E-state index in [1.54, 1.807) is 20.8 Å². The summed E-state index contributed by atoms with van der Waals surface area (Å²) in [5, 5.41) is 3.53. The number of aromatic nitrogens is 4. The van der Waals surface area contributed by atoms with Gasteiger partial charge in [-0.2, -0.15) is 0 Å². The number of alkyl carbamates (subject to hydrolysis) is 1. The molecule has 1 fully saturated rings. The van der Waals surface area contributed by atoms with Crippen LogP contribution in [0.3, 0.4) is 0 Å². The van der Waals surface area contributed by atoms with Crippen LogP contribution in [0, 0.1) is 11.8 Å². The number of halogens is 1. The third-order valence-corrected chi connectivity index (χ3v) is 9.32. The predicted molar refractivity (Wildman–Crippen MR) is 166 cm³/mol. The van der Waals surface area contributed by atoms with Crippen molar-refractivity contribution in [3.8, 4) is 11.5 Å². The molecule has 2 aliphatic heterocycles. The monoisotopic (exact) mass is 675 g/mol. The Morgan fingerprint density at radius 3 is 2.70 bits per heavy atom. The van der Waals surface area contributed by atoms with Crippen LogP contribution in [-0.4, -0.2) is 67.9 Å². The fraction of sp³-hybridized carbons (Fsp3) is 0.552. The minimum atomic E-state index is -0.658. The van der Waals surface area contributed by atoms with Crippen molar-refractivity contribution in [1.29, 1.82) is 0 Å². The molecule has 12 nitrogen and oxygen atoms in total. The molecule has 3 aromatic rings. The molecule has 1 saturated heterocycles. The molecule has 2 aliphatic rings. The van der Waals surface area contributed by atoms with Gasteiger partial charge in [0.05, 0.1) is 0 Å². The molecule has 1 aromatic carbocycles. The third kappa shape index (κ3) is 7.28. The van der Waals surface area contributed by atoms with E-state index in [1.807, 2.05) is 30.9 Å². The molecule has 4 heterocycles. The first-order valence-electron chi connectivity index (χ1n) is 14.4. The molecule has 2 atom stereocenters. The first-order valence-corrected chi connectivity index (χ1v) is 16.0. The molecular formula is C29H38BrN7O5S. The van der Waals surface area contributed by atoms with Gasteiger partial charge < -0.3 is 34.7 Å². The highest BCUT2D eigenvalue weighted by Gasteiger charge is 2.33. The van der Waals surface area contributed by atoms with Crippen molar-refractivity contribution < 1.29 is 23.8 Å². The second kappa shape index (κ2) is 12.8. The second-order valence-electron chi connectivity index (χ2n) is 12.2. The number of carbonyl (C=O) groups is 2. The average molecular weight is 677 g/mol. The maximum Gasteiger partial charge on any atom is 0.408 e. The van der Waals surface area contributed by atoms with Crippen LogP contribution in [-0.2, 0) is 16.1 Å². The van der Waals surface area contributed by atoms with Gasteiger partial charge in [0.1, 0.15) is 18.0 Å². The summed E-state index contributed by atoms with van der Waals surface area (Å²) in [6.45, 7) is 11.3. The number of nitrogen functional groups attached to an aromatic ring is 1. The topological polar surface area (TPSA) is 147 Å². The van der Waals surface area contributed by atoms with Crippen LogP contribution in [0.5, 0.6) is 11.5 Å². The standard InChI is InChI=1S/C29H38BrN7O5S/c1-16(2)22(35-28(39)42-29(3,4)5)26(38)36-9-6-7-17(13-36)8-10-37-25-23(24(31)32-14-33-25)34-27(37)43-21-12-20-19(11-18(21)30)40-15-41-20/h11-12,14,16-17,22H,6-10,13,15H2,1-5H3,(H,35,39)(H2,31,32,33)/t17?,22-/m0/s1. The fourth-order valence-electron chi connectivity index (χ4n) is 5.25. The fourth-order valence-corrected chi connectivity index (χ4v) is 6.75. The van der Waals surface area contributed by atoms with E-state index in [9.17, 15) is 9.59 Å². The molecule has 0 radical (unpaired) electrons. The summed E-state index contributed by atoms with van der Waals surface area (Å²) in [5.74, 6) is 1.79. The second-order valence-corrected chi connectivity index (χ2v) is 14.0. The summed E-state index contributed by atoms with van der Waals surface area (Å²) < 4.78 is 19.4. The lowest BCUT2D eigenvalue weighted by Crippen LogP contribution is -2.54. The number of nitrogens with two attached hydrogens (primary N) is 1. The maximum absolute atomic E-state index is 13.6. The van der Waals surface area contributed by atoms with Crippen molar-refractivity contribution in [2.75, 3.05) is 25.6 Å². The molecule has 5 rings (SSSR count). The quantitative estimate of drug-likeness (QED) is 0.325. The molecule has 0 spiro atoms. The summed E-state index contributed by atoms with van der Waals surface area (Å²) in [7, 11) is 0. The van der Waals surface area contributed by atoms with Gasteiger partial charge in [-0.25, -0.2) is 19.7 Å². The number of likely N-dealkylation sites (tertiary alicyclic amines) is 1. The molecule has 0 saturated carbocycles. The minimum Gasteiger partial charge on any atom is -0.454 e. The highest BCUT2D eigenvalue weighted by Crippen LogP contribution is 2.43. The number of ether oxygens (including phenoxy) is 3. The Hall–Kier alpha value is -3.26. The first-order chi connectivity index (χ1) is 20.4. The van der Waals surface area contributed by atoms with E-state index in [2.05, 4.69) is 35.8 Å². The number of imidazole rings is 1. The van der Waals surface area contributed by atoms with Crippen LogP contribution >= 0.6 is 27.7 Å². The number of piperidine rings is 1. The van der Waals surface area contributed by atoms with E-state index in [0.717, 1.165) is 33.8 Å². The van der Waals surface area contributed by atoms with E-state index in [1.165, 1.54) is 18.1 Å². The van der Waals surface area contributed by atoms with Crippen LogP contribution in [0.15, 0.2) is 33.0 Å². The van der Waals surface area contributed by atoms with E-state index >= 15 is 0 Å². The number of fused-ring (bicyclic) bond motifs is 2. The number of amides is 2. The van der Waals surface area contributed by atoms with Gasteiger partial charge in [0.25, 0.3) is 0 Å². The summed E-state index contributed by atoms with van der Waals surface area (Å²) in [5.41, 5.74) is 6.75. The summed E-state index contributed by atoms with van der Waals surface area (Å²) in [6, 6.07) is 3.16. The van der Waals surface area contributed by atoms with Crippen LogP contribution in [0.25, 0.3) is 11.2 Å². The van der Waals surface area contributed by atoms with E-state index in [4.69, 9.17) is 24.9 Å². The summed E-state index contributed by atoms with van der Waals surface area (Å²) >= 11 is 5.12. The van der Waals surface area contributed by atoms with Crippen molar-refractivity contribution >= 4 is 56.7 Å². The largest absolute Gasteiger partial charge is 0.454 e.